The van der Waals surface area contributed by atoms with Crippen molar-refractivity contribution in [2.45, 2.75) is 39.4 Å². The van der Waals surface area contributed by atoms with E-state index < -0.39 is 0 Å². The van der Waals surface area contributed by atoms with Gasteiger partial charge in [0, 0.05) is 43.3 Å². The van der Waals surface area contributed by atoms with Crippen molar-refractivity contribution in [1.82, 2.24) is 19.7 Å². The largest absolute Gasteiger partial charge is 0.349 e. The van der Waals surface area contributed by atoms with E-state index in [2.05, 4.69) is 54.2 Å². The monoisotopic (exact) mass is 246 g/mol. The van der Waals surface area contributed by atoms with Gasteiger partial charge in [0.2, 0.25) is 0 Å². The fourth-order valence-electron chi connectivity index (χ4n) is 1.83. The molecular formula is C14H22N4. The van der Waals surface area contributed by atoms with Gasteiger partial charge in [-0.1, -0.05) is 0 Å². The molecule has 2 heterocycles. The van der Waals surface area contributed by atoms with E-state index in [0.717, 1.165) is 13.1 Å². The fraction of sp³-hybridized carbons (Fsp3) is 0.500. The van der Waals surface area contributed by atoms with Crippen molar-refractivity contribution >= 4 is 0 Å². The van der Waals surface area contributed by atoms with Crippen molar-refractivity contribution in [3.8, 4) is 0 Å². The fourth-order valence-corrected chi connectivity index (χ4v) is 1.83. The first-order valence-corrected chi connectivity index (χ1v) is 6.29. The Hall–Kier alpha value is -1.55. The first-order valence-electron chi connectivity index (χ1n) is 6.29. The van der Waals surface area contributed by atoms with Crippen LogP contribution in [-0.2, 0) is 20.1 Å². The molecule has 18 heavy (non-hydrogen) atoms. The number of hydrogen-bond acceptors (Lipinski definition) is 2. The highest BCUT2D eigenvalue weighted by molar-refractivity contribution is 5.13. The van der Waals surface area contributed by atoms with Crippen molar-refractivity contribution in [3.05, 3.63) is 42.0 Å². The zero-order valence-corrected chi connectivity index (χ0v) is 11.6. The quantitative estimate of drug-likeness (QED) is 0.897. The Morgan fingerprint density at radius 1 is 1.22 bits per heavy atom. The average molecular weight is 246 g/mol. The molecule has 0 amide bonds. The third-order valence-electron chi connectivity index (χ3n) is 2.76. The summed E-state index contributed by atoms with van der Waals surface area (Å²) in [4.78, 5) is 0. The number of nitrogens with zero attached hydrogens (tertiary/aromatic N) is 3. The lowest BCUT2D eigenvalue weighted by molar-refractivity contribution is 0.424. The van der Waals surface area contributed by atoms with E-state index in [-0.39, 0.29) is 5.54 Å². The van der Waals surface area contributed by atoms with Crippen LogP contribution in [0.2, 0.25) is 0 Å². The van der Waals surface area contributed by atoms with Gasteiger partial charge in [0.1, 0.15) is 0 Å². The summed E-state index contributed by atoms with van der Waals surface area (Å²) >= 11 is 0. The molecule has 0 aromatic carbocycles. The van der Waals surface area contributed by atoms with Crippen molar-refractivity contribution in [3.63, 3.8) is 0 Å². The molecule has 98 valence electrons. The molecule has 4 heteroatoms. The summed E-state index contributed by atoms with van der Waals surface area (Å²) in [6, 6.07) is 2.16. The van der Waals surface area contributed by atoms with Gasteiger partial charge in [-0.2, -0.15) is 5.10 Å². The summed E-state index contributed by atoms with van der Waals surface area (Å²) in [5.41, 5.74) is 2.70. The van der Waals surface area contributed by atoms with E-state index in [1.165, 1.54) is 11.1 Å². The summed E-state index contributed by atoms with van der Waals surface area (Å²) in [5, 5.41) is 7.67. The maximum Gasteiger partial charge on any atom is 0.0539 e. The standard InChI is InChI=1S/C14H22N4/c1-14(2,3)15-7-12-5-6-18(10-12)11-13-8-16-17(4)9-13/h5-6,8-10,15H,7,11H2,1-4H3. The predicted molar refractivity (Wildman–Crippen MR) is 73.3 cm³/mol. The molecule has 0 aliphatic carbocycles. The van der Waals surface area contributed by atoms with Gasteiger partial charge in [-0.3, -0.25) is 4.68 Å². The van der Waals surface area contributed by atoms with Crippen LogP contribution >= 0.6 is 0 Å². The van der Waals surface area contributed by atoms with Crippen LogP contribution in [0, 0.1) is 0 Å². The second kappa shape index (κ2) is 4.98. The summed E-state index contributed by atoms with van der Waals surface area (Å²) in [6.07, 6.45) is 8.26. The Morgan fingerprint density at radius 3 is 2.61 bits per heavy atom. The van der Waals surface area contributed by atoms with Crippen LogP contribution in [0.25, 0.3) is 0 Å². The van der Waals surface area contributed by atoms with Crippen LogP contribution in [0.1, 0.15) is 31.9 Å². The molecule has 0 unspecified atom stereocenters. The number of hydrogen-bond donors (Lipinski definition) is 1. The van der Waals surface area contributed by atoms with Gasteiger partial charge in [-0.15, -0.1) is 0 Å². The van der Waals surface area contributed by atoms with Crippen LogP contribution < -0.4 is 5.32 Å². The lowest BCUT2D eigenvalue weighted by atomic mass is 10.1. The zero-order valence-electron chi connectivity index (χ0n) is 11.6. The second-order valence-corrected chi connectivity index (χ2v) is 5.82. The molecule has 4 nitrogen and oxygen atoms in total. The van der Waals surface area contributed by atoms with Gasteiger partial charge >= 0.3 is 0 Å². The molecule has 2 aromatic rings. The summed E-state index contributed by atoms with van der Waals surface area (Å²) in [7, 11) is 1.94. The third-order valence-corrected chi connectivity index (χ3v) is 2.76. The van der Waals surface area contributed by atoms with Gasteiger partial charge in [-0.05, 0) is 32.4 Å². The van der Waals surface area contributed by atoms with E-state index in [9.17, 15) is 0 Å². The van der Waals surface area contributed by atoms with Crippen LogP contribution in [0.15, 0.2) is 30.9 Å². The maximum atomic E-state index is 4.18. The van der Waals surface area contributed by atoms with E-state index in [1.807, 2.05) is 24.1 Å². The normalized spacial score (nSPS) is 12.0. The minimum Gasteiger partial charge on any atom is -0.349 e. The van der Waals surface area contributed by atoms with Crippen molar-refractivity contribution in [2.75, 3.05) is 0 Å². The molecule has 0 radical (unpaired) electrons. The number of nitrogens with one attached hydrogen (secondary N) is 1. The molecule has 2 rings (SSSR count). The van der Waals surface area contributed by atoms with Gasteiger partial charge in [0.15, 0.2) is 0 Å². The molecule has 0 saturated carbocycles. The molecule has 0 bridgehead atoms. The molecule has 1 N–H and O–H groups in total. The lowest BCUT2D eigenvalue weighted by Crippen LogP contribution is -2.34. The number of aryl methyl sites for hydroxylation is 1. The summed E-state index contributed by atoms with van der Waals surface area (Å²) in [5.74, 6) is 0. The SMILES string of the molecule is Cn1cc(Cn2ccc(CNC(C)(C)C)c2)cn1. The average Bonchev–Trinajstić information content (AvgIpc) is 2.85. The molecule has 0 atom stereocenters. The van der Waals surface area contributed by atoms with Gasteiger partial charge in [-0.25, -0.2) is 0 Å². The Morgan fingerprint density at radius 2 is 2.00 bits per heavy atom. The molecule has 0 aliphatic heterocycles. The topological polar surface area (TPSA) is 34.8 Å². The summed E-state index contributed by atoms with van der Waals surface area (Å²) < 4.78 is 4.03. The molecule has 0 saturated heterocycles. The predicted octanol–water partition coefficient (Wildman–Crippen LogP) is 2.16. The van der Waals surface area contributed by atoms with E-state index >= 15 is 0 Å². The van der Waals surface area contributed by atoms with Crippen LogP contribution in [0.4, 0.5) is 0 Å². The minimum absolute atomic E-state index is 0.158. The molecule has 2 aromatic heterocycles. The maximum absolute atomic E-state index is 4.18. The van der Waals surface area contributed by atoms with E-state index in [0.29, 0.717) is 0 Å². The Labute approximate surface area is 109 Å². The Kier molecular flexibility index (Phi) is 3.57. The van der Waals surface area contributed by atoms with Crippen LogP contribution in [0.3, 0.4) is 0 Å². The second-order valence-electron chi connectivity index (χ2n) is 5.82. The Bertz CT molecular complexity index is 502. The van der Waals surface area contributed by atoms with Gasteiger partial charge < -0.3 is 9.88 Å². The smallest absolute Gasteiger partial charge is 0.0539 e. The first-order chi connectivity index (χ1) is 8.42. The summed E-state index contributed by atoms with van der Waals surface area (Å²) in [6.45, 7) is 8.33. The van der Waals surface area contributed by atoms with Crippen molar-refractivity contribution in [1.29, 1.82) is 0 Å². The minimum atomic E-state index is 0.158. The zero-order chi connectivity index (χ0) is 13.2. The van der Waals surface area contributed by atoms with Crippen molar-refractivity contribution < 1.29 is 0 Å². The van der Waals surface area contributed by atoms with Gasteiger partial charge in [0.05, 0.1) is 12.7 Å². The third kappa shape index (κ3) is 3.74. The number of rotatable bonds is 4. The first kappa shape index (κ1) is 12.9. The van der Waals surface area contributed by atoms with E-state index in [1.54, 1.807) is 0 Å². The van der Waals surface area contributed by atoms with Crippen molar-refractivity contribution in [2.24, 2.45) is 7.05 Å². The highest BCUT2D eigenvalue weighted by Crippen LogP contribution is 2.07. The molecule has 0 fully saturated rings. The van der Waals surface area contributed by atoms with E-state index in [4.69, 9.17) is 0 Å². The molecule has 0 spiro atoms. The lowest BCUT2D eigenvalue weighted by Gasteiger charge is -2.19. The highest BCUT2D eigenvalue weighted by atomic mass is 15.2. The Balaban J connectivity index is 1.94. The molecular weight excluding hydrogens is 224 g/mol. The molecule has 0 aliphatic rings. The van der Waals surface area contributed by atoms with Crippen LogP contribution in [0.5, 0.6) is 0 Å². The number of aromatic nitrogens is 3. The van der Waals surface area contributed by atoms with Crippen LogP contribution in [-0.4, -0.2) is 19.9 Å². The van der Waals surface area contributed by atoms with Gasteiger partial charge in [0.25, 0.3) is 0 Å². The highest BCUT2D eigenvalue weighted by Gasteiger charge is 2.08.